The van der Waals surface area contributed by atoms with Crippen LogP contribution in [0.5, 0.6) is 0 Å². The molecule has 296 valence electrons. The highest BCUT2D eigenvalue weighted by Crippen LogP contribution is 2.50. The minimum absolute atomic E-state index is 0.0733. The van der Waals surface area contributed by atoms with Crippen LogP contribution in [0.3, 0.4) is 0 Å². The van der Waals surface area contributed by atoms with Crippen LogP contribution in [0, 0.1) is 11.8 Å². The molecule has 0 amide bonds. The van der Waals surface area contributed by atoms with E-state index in [1.165, 1.54) is 83.9 Å². The van der Waals surface area contributed by atoms with E-state index in [4.69, 9.17) is 0 Å². The molecule has 0 spiro atoms. The molecule has 0 N–H and O–H groups in total. The van der Waals surface area contributed by atoms with Gasteiger partial charge in [-0.3, -0.25) is 0 Å². The third-order valence-electron chi connectivity index (χ3n) is 12.2. The molecule has 5 aromatic carbocycles. The summed E-state index contributed by atoms with van der Waals surface area (Å²) in [5.74, 6) is 0.636. The fraction of sp³-hybridized carbons (Fsp3) is 0.207. The van der Waals surface area contributed by atoms with Crippen LogP contribution < -0.4 is 4.90 Å². The highest BCUT2D eigenvalue weighted by molar-refractivity contribution is 5.94. The zero-order valence-electron chi connectivity index (χ0n) is 35.9. The van der Waals surface area contributed by atoms with E-state index < -0.39 is 0 Å². The fourth-order valence-corrected chi connectivity index (χ4v) is 9.58. The standard InChI is InChI=1S/C54H49N.C2H6.C2H4/c1-5-18-39-36-54(3,4)52-35-41(31-33-44(39)52)55(53-28-17-16-22-45(53)38-19-8-6-9-20-38)40-29-32-43-37(2)42-21-10-7-11-23-46(42)47-24-12-13-25-48(47)49-26-14-15-27-50(49)51(43)34-30-40;2*1-2/h5-6,8-28,30-31,33-37,43H,7,29,32H2,1-4H3;1-2H3;1-2H2/b18-5-;;. The van der Waals surface area contributed by atoms with Gasteiger partial charge in [-0.1, -0.05) is 186 Å². The number of hydrogen-bond donors (Lipinski definition) is 0. The zero-order chi connectivity index (χ0) is 41.5. The van der Waals surface area contributed by atoms with Gasteiger partial charge in [0.15, 0.2) is 0 Å². The summed E-state index contributed by atoms with van der Waals surface area (Å²) < 4.78 is 0. The first-order valence-electron chi connectivity index (χ1n) is 21.5. The number of allylic oxidation sites excluding steroid dienone is 14. The van der Waals surface area contributed by atoms with Gasteiger partial charge in [0.2, 0.25) is 0 Å². The molecule has 2 atom stereocenters. The second-order valence-electron chi connectivity index (χ2n) is 16.0. The van der Waals surface area contributed by atoms with Crippen molar-refractivity contribution in [3.8, 4) is 22.3 Å². The largest absolute Gasteiger partial charge is 0.314 e. The third kappa shape index (κ3) is 7.87. The minimum atomic E-state index is -0.0733. The molecule has 0 aliphatic heterocycles. The maximum absolute atomic E-state index is 3.00. The molecule has 59 heavy (non-hydrogen) atoms. The number of anilines is 2. The van der Waals surface area contributed by atoms with Crippen molar-refractivity contribution in [2.45, 2.75) is 66.2 Å². The first-order chi connectivity index (χ1) is 28.9. The summed E-state index contributed by atoms with van der Waals surface area (Å²) in [7, 11) is 0. The molecule has 5 aromatic rings. The summed E-state index contributed by atoms with van der Waals surface area (Å²) >= 11 is 0. The van der Waals surface area contributed by atoms with Crippen LogP contribution in [0.1, 0.15) is 83.1 Å². The predicted molar refractivity (Wildman–Crippen MR) is 259 cm³/mol. The number of para-hydroxylation sites is 1. The average molecular weight is 770 g/mol. The molecular weight excluding hydrogens is 711 g/mol. The van der Waals surface area contributed by atoms with Gasteiger partial charge in [0.05, 0.1) is 5.69 Å². The molecule has 0 radical (unpaired) electrons. The molecule has 2 unspecified atom stereocenters. The van der Waals surface area contributed by atoms with E-state index in [9.17, 15) is 0 Å². The summed E-state index contributed by atoms with van der Waals surface area (Å²) in [5.41, 5.74) is 19.6. The van der Waals surface area contributed by atoms with E-state index >= 15 is 0 Å². The molecule has 0 fully saturated rings. The van der Waals surface area contributed by atoms with Crippen LogP contribution in [0.2, 0.25) is 0 Å². The number of benzene rings is 5. The number of fused-ring (bicyclic) bond motifs is 7. The van der Waals surface area contributed by atoms with E-state index in [0.29, 0.717) is 11.8 Å². The van der Waals surface area contributed by atoms with Crippen molar-refractivity contribution >= 4 is 28.1 Å². The van der Waals surface area contributed by atoms with Crippen molar-refractivity contribution < 1.29 is 0 Å². The summed E-state index contributed by atoms with van der Waals surface area (Å²) in [4.78, 5) is 2.57. The summed E-state index contributed by atoms with van der Waals surface area (Å²) in [5, 5.41) is 0. The Morgan fingerprint density at radius 2 is 1.31 bits per heavy atom. The molecule has 0 aromatic heterocycles. The smallest absolute Gasteiger partial charge is 0.0536 e. The Balaban J connectivity index is 0.00000128. The maximum Gasteiger partial charge on any atom is 0.0536 e. The molecule has 9 rings (SSSR count). The van der Waals surface area contributed by atoms with E-state index in [0.717, 1.165) is 19.3 Å². The van der Waals surface area contributed by atoms with E-state index in [1.54, 1.807) is 0 Å². The minimum Gasteiger partial charge on any atom is -0.314 e. The lowest BCUT2D eigenvalue weighted by molar-refractivity contribution is 0.478. The second-order valence-corrected chi connectivity index (χ2v) is 16.0. The number of rotatable bonds is 5. The Bertz CT molecular complexity index is 2530. The van der Waals surface area contributed by atoms with E-state index in [1.807, 2.05) is 13.8 Å². The van der Waals surface area contributed by atoms with Crippen LogP contribution in [-0.2, 0) is 5.41 Å². The van der Waals surface area contributed by atoms with Gasteiger partial charge < -0.3 is 4.90 Å². The van der Waals surface area contributed by atoms with Gasteiger partial charge in [-0.25, -0.2) is 0 Å². The van der Waals surface area contributed by atoms with Crippen molar-refractivity contribution in [1.82, 2.24) is 0 Å². The maximum atomic E-state index is 3.00. The lowest BCUT2D eigenvalue weighted by atomic mass is 9.76. The van der Waals surface area contributed by atoms with Crippen molar-refractivity contribution in [3.05, 3.63) is 223 Å². The Hall–Kier alpha value is -6.18. The molecule has 0 heterocycles. The van der Waals surface area contributed by atoms with E-state index in [2.05, 4.69) is 222 Å². The molecular formula is C58H59N. The summed E-state index contributed by atoms with van der Waals surface area (Å²) in [6.45, 7) is 19.3. The lowest BCUT2D eigenvalue weighted by Crippen LogP contribution is -2.20. The van der Waals surface area contributed by atoms with Crippen LogP contribution in [0.4, 0.5) is 11.4 Å². The van der Waals surface area contributed by atoms with Crippen LogP contribution >= 0.6 is 0 Å². The van der Waals surface area contributed by atoms with Crippen molar-refractivity contribution in [2.24, 2.45) is 11.8 Å². The SMILES string of the molecule is C/C=C\C1=CC(C)(C)c2cc(N(C3=CC=C4c5ccccc5-c5ccccc5C5=C(C=CCC=C5)C(C)C4CC3)c3ccccc3-c3ccccc3)ccc21.C=C.CC. The zero-order valence-corrected chi connectivity index (χ0v) is 35.9. The number of nitrogens with zero attached hydrogens (tertiary/aromatic N) is 1. The fourth-order valence-electron chi connectivity index (χ4n) is 9.58. The monoisotopic (exact) mass is 769 g/mol. The first-order valence-corrected chi connectivity index (χ1v) is 21.5. The van der Waals surface area contributed by atoms with Gasteiger partial charge in [-0.05, 0) is 124 Å². The highest BCUT2D eigenvalue weighted by atomic mass is 15.2. The van der Waals surface area contributed by atoms with Gasteiger partial charge in [-0.2, -0.15) is 0 Å². The van der Waals surface area contributed by atoms with Gasteiger partial charge >= 0.3 is 0 Å². The van der Waals surface area contributed by atoms with Gasteiger partial charge in [0.1, 0.15) is 0 Å². The first kappa shape index (κ1) is 41.0. The topological polar surface area (TPSA) is 3.24 Å². The number of hydrogen-bond acceptors (Lipinski definition) is 1. The molecule has 1 heteroatoms. The second kappa shape index (κ2) is 18.2. The Morgan fingerprint density at radius 1 is 0.678 bits per heavy atom. The van der Waals surface area contributed by atoms with Gasteiger partial charge in [-0.15, -0.1) is 13.2 Å². The van der Waals surface area contributed by atoms with Gasteiger partial charge in [0, 0.05) is 22.4 Å². The van der Waals surface area contributed by atoms with Crippen molar-refractivity contribution in [3.63, 3.8) is 0 Å². The van der Waals surface area contributed by atoms with Crippen LogP contribution in [0.15, 0.2) is 200 Å². The molecule has 4 aliphatic rings. The quantitative estimate of drug-likeness (QED) is 0.161. The summed E-state index contributed by atoms with van der Waals surface area (Å²) in [6.07, 6.45) is 24.2. The molecule has 4 aliphatic carbocycles. The van der Waals surface area contributed by atoms with Gasteiger partial charge in [0.25, 0.3) is 0 Å². The molecule has 0 saturated carbocycles. The highest BCUT2D eigenvalue weighted by Gasteiger charge is 2.34. The normalized spacial score (nSPS) is 18.4. The molecule has 1 nitrogen and oxygen atoms in total. The average Bonchev–Trinajstić information content (AvgIpc) is 3.50. The lowest BCUT2D eigenvalue weighted by Gasteiger charge is -2.32. The molecule has 0 saturated heterocycles. The Morgan fingerprint density at radius 3 is 2.03 bits per heavy atom. The van der Waals surface area contributed by atoms with Crippen molar-refractivity contribution in [2.75, 3.05) is 4.90 Å². The third-order valence-corrected chi connectivity index (χ3v) is 12.2. The van der Waals surface area contributed by atoms with Crippen LogP contribution in [0.25, 0.3) is 39.0 Å². The van der Waals surface area contributed by atoms with Crippen LogP contribution in [-0.4, -0.2) is 0 Å². The predicted octanol–water partition coefficient (Wildman–Crippen LogP) is 16.5. The van der Waals surface area contributed by atoms with Crippen molar-refractivity contribution in [1.29, 1.82) is 0 Å². The Kier molecular flexibility index (Phi) is 12.6. The molecule has 0 bridgehead atoms. The summed E-state index contributed by atoms with van der Waals surface area (Å²) in [6, 6.07) is 45.2. The van der Waals surface area contributed by atoms with E-state index in [-0.39, 0.29) is 5.41 Å². The Labute approximate surface area is 354 Å².